The average molecular weight is 358 g/mol. The zero-order chi connectivity index (χ0) is 15.6. The summed E-state index contributed by atoms with van der Waals surface area (Å²) in [6, 6.07) is 3.36. The fraction of sp³-hybridized carbons (Fsp3) is 0.400. The Morgan fingerprint density at radius 1 is 1.29 bits per heavy atom. The fourth-order valence-electron chi connectivity index (χ4n) is 2.28. The minimum absolute atomic E-state index is 0.414. The number of aromatic nitrogens is 2. The molecule has 1 atom stereocenters. The highest BCUT2D eigenvalue weighted by molar-refractivity contribution is 9.10. The maximum atomic E-state index is 13.3. The van der Waals surface area contributed by atoms with Gasteiger partial charge in [0, 0.05) is 19.0 Å². The minimum Gasteiger partial charge on any atom is -0.324 e. The third-order valence-corrected chi connectivity index (χ3v) is 4.39. The van der Waals surface area contributed by atoms with Crippen molar-refractivity contribution in [1.29, 1.82) is 0 Å². The van der Waals surface area contributed by atoms with Crippen molar-refractivity contribution in [2.75, 3.05) is 0 Å². The lowest BCUT2D eigenvalue weighted by molar-refractivity contribution is 0.504. The molecule has 3 nitrogen and oxygen atoms in total. The molecule has 2 rings (SSSR count). The number of hydrogen-bond acceptors (Lipinski definition) is 2. The van der Waals surface area contributed by atoms with E-state index in [1.54, 1.807) is 0 Å². The average Bonchev–Trinajstić information content (AvgIpc) is 2.78. The second kappa shape index (κ2) is 6.66. The molecule has 2 N–H and O–H groups in total. The van der Waals surface area contributed by atoms with E-state index in [1.807, 2.05) is 18.5 Å². The van der Waals surface area contributed by atoms with Crippen LogP contribution in [0, 0.1) is 11.6 Å². The van der Waals surface area contributed by atoms with E-state index in [1.165, 1.54) is 6.07 Å². The Morgan fingerprint density at radius 3 is 2.57 bits per heavy atom. The number of aryl methyl sites for hydroxylation is 2. The minimum atomic E-state index is -0.875. The van der Waals surface area contributed by atoms with Crippen molar-refractivity contribution in [3.8, 4) is 0 Å². The zero-order valence-corrected chi connectivity index (χ0v) is 13.6. The first-order valence-corrected chi connectivity index (χ1v) is 7.71. The van der Waals surface area contributed by atoms with Crippen LogP contribution in [0.4, 0.5) is 8.78 Å². The van der Waals surface area contributed by atoms with Crippen molar-refractivity contribution >= 4 is 15.9 Å². The Morgan fingerprint density at radius 2 is 2.00 bits per heavy atom. The largest absolute Gasteiger partial charge is 0.324 e. The van der Waals surface area contributed by atoms with E-state index < -0.39 is 17.7 Å². The van der Waals surface area contributed by atoms with Gasteiger partial charge in [-0.1, -0.05) is 13.0 Å². The van der Waals surface area contributed by atoms with E-state index in [4.69, 9.17) is 5.73 Å². The molecule has 0 aliphatic rings. The van der Waals surface area contributed by atoms with Crippen LogP contribution in [0.2, 0.25) is 0 Å². The van der Waals surface area contributed by atoms with Crippen LogP contribution in [-0.4, -0.2) is 9.78 Å². The van der Waals surface area contributed by atoms with Gasteiger partial charge in [-0.05, 0) is 47.0 Å². The van der Waals surface area contributed by atoms with E-state index in [9.17, 15) is 8.78 Å². The lowest BCUT2D eigenvalue weighted by Crippen LogP contribution is -2.16. The van der Waals surface area contributed by atoms with Crippen molar-refractivity contribution in [3.05, 3.63) is 51.3 Å². The molecule has 1 unspecified atom stereocenters. The summed E-state index contributed by atoms with van der Waals surface area (Å²) in [6.45, 7) is 4.77. The Balaban J connectivity index is 2.28. The number of nitrogens with two attached hydrogens (primary N) is 1. The molecule has 0 fully saturated rings. The van der Waals surface area contributed by atoms with E-state index in [0.29, 0.717) is 12.0 Å². The van der Waals surface area contributed by atoms with Gasteiger partial charge in [-0.25, -0.2) is 8.78 Å². The molecule has 2 aromatic rings. The summed E-state index contributed by atoms with van der Waals surface area (Å²) < 4.78 is 29.1. The molecule has 0 saturated carbocycles. The van der Waals surface area contributed by atoms with Crippen LogP contribution in [0.3, 0.4) is 0 Å². The SMILES string of the molecule is CCc1nn(CC)c(CC(N)c2ccc(F)c(F)c2)c1Br. The molecule has 6 heteroatoms. The van der Waals surface area contributed by atoms with Gasteiger partial charge in [0.25, 0.3) is 0 Å². The van der Waals surface area contributed by atoms with Crippen LogP contribution in [0.15, 0.2) is 22.7 Å². The first-order chi connectivity index (χ1) is 9.97. The second-order valence-electron chi connectivity index (χ2n) is 4.86. The molecule has 1 aromatic heterocycles. The third kappa shape index (κ3) is 3.32. The highest BCUT2D eigenvalue weighted by atomic mass is 79.9. The van der Waals surface area contributed by atoms with Crippen molar-refractivity contribution < 1.29 is 8.78 Å². The Hall–Kier alpha value is -1.27. The van der Waals surface area contributed by atoms with Gasteiger partial charge < -0.3 is 5.73 Å². The second-order valence-corrected chi connectivity index (χ2v) is 5.65. The van der Waals surface area contributed by atoms with E-state index in [-0.39, 0.29) is 0 Å². The molecule has 0 spiro atoms. The van der Waals surface area contributed by atoms with Gasteiger partial charge in [-0.15, -0.1) is 0 Å². The van der Waals surface area contributed by atoms with Gasteiger partial charge in [0.1, 0.15) is 0 Å². The standard InChI is InChI=1S/C15H18BrF2N3/c1-3-13-15(16)14(21(4-2)20-13)8-12(19)9-5-6-10(17)11(18)7-9/h5-7,12H,3-4,8,19H2,1-2H3. The molecule has 0 amide bonds. The number of nitrogens with zero attached hydrogens (tertiary/aromatic N) is 2. The molecule has 21 heavy (non-hydrogen) atoms. The molecule has 0 aliphatic heterocycles. The van der Waals surface area contributed by atoms with Crippen molar-refractivity contribution in [2.45, 2.75) is 39.3 Å². The van der Waals surface area contributed by atoms with Gasteiger partial charge in [0.05, 0.1) is 15.9 Å². The molecule has 1 aromatic carbocycles. The lowest BCUT2D eigenvalue weighted by Gasteiger charge is -2.14. The maximum absolute atomic E-state index is 13.3. The topological polar surface area (TPSA) is 43.8 Å². The molecule has 0 bridgehead atoms. The number of benzene rings is 1. The summed E-state index contributed by atoms with van der Waals surface area (Å²) in [4.78, 5) is 0. The van der Waals surface area contributed by atoms with Crippen LogP contribution in [0.25, 0.3) is 0 Å². The Kier molecular flexibility index (Phi) is 5.11. The monoisotopic (exact) mass is 357 g/mol. The molecule has 114 valence electrons. The van der Waals surface area contributed by atoms with E-state index in [2.05, 4.69) is 21.0 Å². The number of rotatable bonds is 5. The van der Waals surface area contributed by atoms with Crippen LogP contribution in [-0.2, 0) is 19.4 Å². The molecular weight excluding hydrogens is 340 g/mol. The Labute approximate surface area is 131 Å². The summed E-state index contributed by atoms with van der Waals surface area (Å²) >= 11 is 3.56. The third-order valence-electron chi connectivity index (χ3n) is 3.48. The highest BCUT2D eigenvalue weighted by Crippen LogP contribution is 2.27. The molecule has 0 aliphatic carbocycles. The van der Waals surface area contributed by atoms with Gasteiger partial charge in [-0.2, -0.15) is 5.10 Å². The number of halogens is 3. The maximum Gasteiger partial charge on any atom is 0.159 e. The van der Waals surface area contributed by atoms with Crippen molar-refractivity contribution in [2.24, 2.45) is 5.73 Å². The quantitative estimate of drug-likeness (QED) is 0.885. The summed E-state index contributed by atoms with van der Waals surface area (Å²) in [6.07, 6.45) is 1.33. The van der Waals surface area contributed by atoms with Gasteiger partial charge >= 0.3 is 0 Å². The van der Waals surface area contributed by atoms with E-state index >= 15 is 0 Å². The predicted molar refractivity (Wildman–Crippen MR) is 82.0 cm³/mol. The van der Waals surface area contributed by atoms with Crippen molar-refractivity contribution in [1.82, 2.24) is 9.78 Å². The molecule has 1 heterocycles. The Bertz CT molecular complexity index is 640. The fourth-order valence-corrected chi connectivity index (χ4v) is 3.01. The van der Waals surface area contributed by atoms with Crippen LogP contribution < -0.4 is 5.73 Å². The van der Waals surface area contributed by atoms with E-state index in [0.717, 1.165) is 41.0 Å². The summed E-state index contributed by atoms with van der Waals surface area (Å²) in [5.74, 6) is -1.74. The van der Waals surface area contributed by atoms with Crippen LogP contribution >= 0.6 is 15.9 Å². The van der Waals surface area contributed by atoms with Crippen LogP contribution in [0.5, 0.6) is 0 Å². The normalized spacial score (nSPS) is 12.7. The molecule has 0 saturated heterocycles. The lowest BCUT2D eigenvalue weighted by atomic mass is 10.0. The predicted octanol–water partition coefficient (Wildman–Crippen LogP) is 3.75. The summed E-state index contributed by atoms with van der Waals surface area (Å²) in [7, 11) is 0. The molecular formula is C15H18BrF2N3. The van der Waals surface area contributed by atoms with Gasteiger partial charge in [-0.3, -0.25) is 4.68 Å². The smallest absolute Gasteiger partial charge is 0.159 e. The summed E-state index contributed by atoms with van der Waals surface area (Å²) in [5, 5.41) is 4.51. The first-order valence-electron chi connectivity index (χ1n) is 6.92. The first kappa shape index (κ1) is 16.1. The van der Waals surface area contributed by atoms with Gasteiger partial charge in [0.2, 0.25) is 0 Å². The summed E-state index contributed by atoms with van der Waals surface area (Å²) in [5.41, 5.74) is 8.66. The zero-order valence-electron chi connectivity index (χ0n) is 12.0. The van der Waals surface area contributed by atoms with Crippen molar-refractivity contribution in [3.63, 3.8) is 0 Å². The van der Waals surface area contributed by atoms with Crippen LogP contribution in [0.1, 0.15) is 36.8 Å². The highest BCUT2D eigenvalue weighted by Gasteiger charge is 2.18. The number of hydrogen-bond donors (Lipinski definition) is 1. The molecule has 0 radical (unpaired) electrons. The van der Waals surface area contributed by atoms with Gasteiger partial charge in [0.15, 0.2) is 11.6 Å².